The molecule has 26 heavy (non-hydrogen) atoms. The molecule has 8 nitrogen and oxygen atoms in total. The molecule has 140 valence electrons. The minimum Gasteiger partial charge on any atom is -0.454 e. The summed E-state index contributed by atoms with van der Waals surface area (Å²) in [6, 6.07) is 8.47. The topological polar surface area (TPSA) is 105 Å². The van der Waals surface area contributed by atoms with Crippen molar-refractivity contribution in [2.45, 2.75) is 38.8 Å². The number of carbonyl (C=O) groups excluding carboxylic acids is 4. The van der Waals surface area contributed by atoms with Gasteiger partial charge in [-0.25, -0.2) is 4.79 Å². The zero-order chi connectivity index (χ0) is 19.3. The van der Waals surface area contributed by atoms with Gasteiger partial charge in [0.25, 0.3) is 11.8 Å². The van der Waals surface area contributed by atoms with Crippen molar-refractivity contribution in [3.8, 4) is 0 Å². The van der Waals surface area contributed by atoms with Gasteiger partial charge < -0.3 is 15.4 Å². The standard InChI is InChI=1S/C18H23N3O5/c1-4-18(3)16(24)21(17(25)20-18)10-15(23)26-11-14(22)19-12(2)13-8-6-5-7-9-13/h5-9,12H,4,10-11H2,1-3H3,(H,19,22)(H,20,25)/t12-,18-/m1/s1. The number of imide groups is 1. The van der Waals surface area contributed by atoms with Gasteiger partial charge in [0, 0.05) is 0 Å². The number of nitrogens with one attached hydrogen (secondary N) is 2. The van der Waals surface area contributed by atoms with Crippen LogP contribution in [-0.4, -0.2) is 47.4 Å². The van der Waals surface area contributed by atoms with Gasteiger partial charge in [-0.1, -0.05) is 37.3 Å². The Hall–Kier alpha value is -2.90. The molecule has 2 atom stereocenters. The van der Waals surface area contributed by atoms with Crippen molar-refractivity contribution in [2.75, 3.05) is 13.2 Å². The van der Waals surface area contributed by atoms with Crippen LogP contribution in [-0.2, 0) is 19.1 Å². The van der Waals surface area contributed by atoms with E-state index >= 15 is 0 Å². The molecule has 0 spiro atoms. The Morgan fingerprint density at radius 1 is 1.27 bits per heavy atom. The van der Waals surface area contributed by atoms with Crippen LogP contribution in [0.5, 0.6) is 0 Å². The molecule has 2 N–H and O–H groups in total. The second kappa shape index (κ2) is 7.99. The Morgan fingerprint density at radius 3 is 2.50 bits per heavy atom. The van der Waals surface area contributed by atoms with Crippen LogP contribution in [0.15, 0.2) is 30.3 Å². The van der Waals surface area contributed by atoms with Crippen molar-refractivity contribution in [2.24, 2.45) is 0 Å². The fourth-order valence-corrected chi connectivity index (χ4v) is 2.56. The van der Waals surface area contributed by atoms with Gasteiger partial charge in [-0.2, -0.15) is 0 Å². The zero-order valence-corrected chi connectivity index (χ0v) is 15.1. The number of hydrogen-bond donors (Lipinski definition) is 2. The molecule has 1 saturated heterocycles. The normalized spacial score (nSPS) is 20.5. The number of amides is 4. The SMILES string of the molecule is CC[C@@]1(C)NC(=O)N(CC(=O)OCC(=O)N[C@H](C)c2ccccc2)C1=O. The minimum atomic E-state index is -1.01. The summed E-state index contributed by atoms with van der Waals surface area (Å²) >= 11 is 0. The summed E-state index contributed by atoms with van der Waals surface area (Å²) in [5, 5.41) is 5.25. The molecule has 1 aromatic carbocycles. The lowest BCUT2D eigenvalue weighted by Crippen LogP contribution is -2.43. The van der Waals surface area contributed by atoms with Gasteiger partial charge in [-0.05, 0) is 25.8 Å². The highest BCUT2D eigenvalue weighted by Crippen LogP contribution is 2.20. The number of rotatable bonds is 7. The summed E-state index contributed by atoms with van der Waals surface area (Å²) in [5.74, 6) is -1.77. The number of benzene rings is 1. The summed E-state index contributed by atoms with van der Waals surface area (Å²) in [4.78, 5) is 48.6. The number of carbonyl (C=O) groups is 4. The first-order valence-corrected chi connectivity index (χ1v) is 8.41. The van der Waals surface area contributed by atoms with Gasteiger partial charge in [-0.15, -0.1) is 0 Å². The highest BCUT2D eigenvalue weighted by atomic mass is 16.5. The molecule has 1 fully saturated rings. The number of ether oxygens (including phenoxy) is 1. The maximum absolute atomic E-state index is 12.2. The minimum absolute atomic E-state index is 0.237. The van der Waals surface area contributed by atoms with Crippen LogP contribution in [0.25, 0.3) is 0 Å². The summed E-state index contributed by atoms with van der Waals surface area (Å²) < 4.78 is 4.88. The van der Waals surface area contributed by atoms with E-state index in [-0.39, 0.29) is 6.04 Å². The smallest absolute Gasteiger partial charge is 0.326 e. The van der Waals surface area contributed by atoms with E-state index in [4.69, 9.17) is 4.74 Å². The molecule has 0 aliphatic carbocycles. The maximum Gasteiger partial charge on any atom is 0.326 e. The molecule has 1 aliphatic rings. The van der Waals surface area contributed by atoms with E-state index in [9.17, 15) is 19.2 Å². The van der Waals surface area contributed by atoms with Crippen LogP contribution >= 0.6 is 0 Å². The number of urea groups is 1. The molecule has 0 unspecified atom stereocenters. The molecule has 1 aliphatic heterocycles. The molecule has 0 saturated carbocycles. The fourth-order valence-electron chi connectivity index (χ4n) is 2.56. The highest BCUT2D eigenvalue weighted by Gasteiger charge is 2.47. The Kier molecular flexibility index (Phi) is 5.97. The predicted molar refractivity (Wildman–Crippen MR) is 92.9 cm³/mol. The van der Waals surface area contributed by atoms with E-state index in [1.807, 2.05) is 37.3 Å². The molecule has 2 rings (SSSR count). The maximum atomic E-state index is 12.2. The van der Waals surface area contributed by atoms with Gasteiger partial charge in [-0.3, -0.25) is 19.3 Å². The Morgan fingerprint density at radius 2 is 1.92 bits per heavy atom. The lowest BCUT2D eigenvalue weighted by Gasteiger charge is -2.19. The second-order valence-electron chi connectivity index (χ2n) is 6.37. The van der Waals surface area contributed by atoms with E-state index in [0.29, 0.717) is 6.42 Å². The average Bonchev–Trinajstić information content (AvgIpc) is 2.84. The largest absolute Gasteiger partial charge is 0.454 e. The van der Waals surface area contributed by atoms with Crippen molar-refractivity contribution in [3.63, 3.8) is 0 Å². The van der Waals surface area contributed by atoms with Gasteiger partial charge in [0.05, 0.1) is 6.04 Å². The highest BCUT2D eigenvalue weighted by molar-refractivity contribution is 6.08. The number of hydrogen-bond acceptors (Lipinski definition) is 5. The van der Waals surface area contributed by atoms with Crippen LogP contribution in [0.3, 0.4) is 0 Å². The third-order valence-electron chi connectivity index (χ3n) is 4.38. The van der Waals surface area contributed by atoms with Crippen LogP contribution in [0.1, 0.15) is 38.8 Å². The van der Waals surface area contributed by atoms with Crippen molar-refractivity contribution in [1.82, 2.24) is 15.5 Å². The third kappa shape index (κ3) is 4.38. The molecule has 1 heterocycles. The third-order valence-corrected chi connectivity index (χ3v) is 4.38. The Bertz CT molecular complexity index is 706. The summed E-state index contributed by atoms with van der Waals surface area (Å²) in [7, 11) is 0. The molecule has 8 heteroatoms. The van der Waals surface area contributed by atoms with Crippen molar-refractivity contribution in [3.05, 3.63) is 35.9 Å². The fraction of sp³-hybridized carbons (Fsp3) is 0.444. The molecular weight excluding hydrogens is 338 g/mol. The Balaban J connectivity index is 1.81. The molecule has 0 bridgehead atoms. The van der Waals surface area contributed by atoms with E-state index < -0.39 is 42.5 Å². The first kappa shape index (κ1) is 19.4. The lowest BCUT2D eigenvalue weighted by molar-refractivity contribution is -0.151. The number of nitrogens with zero attached hydrogens (tertiary/aromatic N) is 1. The lowest BCUT2D eigenvalue weighted by atomic mass is 9.99. The quantitative estimate of drug-likeness (QED) is 0.559. The van der Waals surface area contributed by atoms with Gasteiger partial charge in [0.1, 0.15) is 12.1 Å². The monoisotopic (exact) mass is 361 g/mol. The van der Waals surface area contributed by atoms with Gasteiger partial charge in [0.2, 0.25) is 0 Å². The molecule has 1 aromatic rings. The van der Waals surface area contributed by atoms with E-state index in [2.05, 4.69) is 10.6 Å². The van der Waals surface area contributed by atoms with Crippen molar-refractivity contribution in [1.29, 1.82) is 0 Å². The van der Waals surface area contributed by atoms with E-state index in [1.54, 1.807) is 13.8 Å². The molecule has 0 aromatic heterocycles. The molecule has 0 radical (unpaired) electrons. The predicted octanol–water partition coefficient (Wildman–Crippen LogP) is 1.13. The van der Waals surface area contributed by atoms with Gasteiger partial charge >= 0.3 is 12.0 Å². The summed E-state index contributed by atoms with van der Waals surface area (Å²) in [6.07, 6.45) is 0.406. The average molecular weight is 361 g/mol. The molecular formula is C18H23N3O5. The van der Waals surface area contributed by atoms with Crippen LogP contribution < -0.4 is 10.6 Å². The van der Waals surface area contributed by atoms with Crippen LogP contribution in [0.4, 0.5) is 4.79 Å². The molecule has 4 amide bonds. The van der Waals surface area contributed by atoms with Crippen molar-refractivity contribution < 1.29 is 23.9 Å². The first-order valence-electron chi connectivity index (χ1n) is 8.41. The first-order chi connectivity index (χ1) is 12.3. The Labute approximate surface area is 151 Å². The summed E-state index contributed by atoms with van der Waals surface area (Å²) in [5.41, 5.74) is -0.0924. The number of esters is 1. The summed E-state index contributed by atoms with van der Waals surface area (Å²) in [6.45, 7) is 4.16. The van der Waals surface area contributed by atoms with Crippen molar-refractivity contribution >= 4 is 23.8 Å². The van der Waals surface area contributed by atoms with Crippen LogP contribution in [0.2, 0.25) is 0 Å². The van der Waals surface area contributed by atoms with E-state index in [0.717, 1.165) is 10.5 Å². The van der Waals surface area contributed by atoms with E-state index in [1.165, 1.54) is 0 Å². The zero-order valence-electron chi connectivity index (χ0n) is 15.1. The van der Waals surface area contributed by atoms with Crippen LogP contribution in [0, 0.1) is 0 Å². The second-order valence-corrected chi connectivity index (χ2v) is 6.37. The van der Waals surface area contributed by atoms with Gasteiger partial charge in [0.15, 0.2) is 6.61 Å².